The minimum Gasteiger partial charge on any atom is -0.497 e. The molecule has 190 valence electrons. The van der Waals surface area contributed by atoms with Crippen LogP contribution in [0.15, 0.2) is 102 Å². The SMILES string of the molecule is COc1ccc(C(=O)N(Cc2ccc(F)cc2)Cc2ccc(OS(=O)(=O)c3ccc(F)cc3)cc2)cc1. The molecule has 0 saturated carbocycles. The molecule has 0 saturated heterocycles. The van der Waals surface area contributed by atoms with Gasteiger partial charge in [0.15, 0.2) is 0 Å². The van der Waals surface area contributed by atoms with E-state index >= 15 is 0 Å². The van der Waals surface area contributed by atoms with Gasteiger partial charge in [0.05, 0.1) is 7.11 Å². The van der Waals surface area contributed by atoms with Crippen molar-refractivity contribution in [2.75, 3.05) is 7.11 Å². The van der Waals surface area contributed by atoms with Gasteiger partial charge >= 0.3 is 10.1 Å². The van der Waals surface area contributed by atoms with Gasteiger partial charge in [-0.25, -0.2) is 8.78 Å². The molecule has 0 aliphatic rings. The highest BCUT2D eigenvalue weighted by Crippen LogP contribution is 2.22. The largest absolute Gasteiger partial charge is 0.497 e. The molecule has 0 heterocycles. The number of methoxy groups -OCH3 is 1. The Labute approximate surface area is 213 Å². The fourth-order valence-corrected chi connectivity index (χ4v) is 4.50. The number of carbonyl (C=O) groups excluding carboxylic acids is 1. The molecule has 0 N–H and O–H groups in total. The molecular formula is C28H23F2NO5S. The Kier molecular flexibility index (Phi) is 7.83. The second-order valence-corrected chi connectivity index (χ2v) is 9.70. The number of amides is 1. The van der Waals surface area contributed by atoms with Crippen LogP contribution in [0.4, 0.5) is 8.78 Å². The number of hydrogen-bond acceptors (Lipinski definition) is 5. The van der Waals surface area contributed by atoms with Gasteiger partial charge in [0.2, 0.25) is 0 Å². The van der Waals surface area contributed by atoms with Crippen molar-refractivity contribution >= 4 is 16.0 Å². The Balaban J connectivity index is 1.53. The lowest BCUT2D eigenvalue weighted by Crippen LogP contribution is -2.30. The van der Waals surface area contributed by atoms with Gasteiger partial charge in [-0.1, -0.05) is 24.3 Å². The molecule has 0 atom stereocenters. The van der Waals surface area contributed by atoms with Crippen LogP contribution >= 0.6 is 0 Å². The Bertz CT molecular complexity index is 1460. The van der Waals surface area contributed by atoms with Crippen LogP contribution in [-0.4, -0.2) is 26.3 Å². The molecule has 1 amide bonds. The molecule has 0 aromatic heterocycles. The Morgan fingerprint density at radius 1 is 0.703 bits per heavy atom. The highest BCUT2D eigenvalue weighted by molar-refractivity contribution is 7.87. The fraction of sp³-hybridized carbons (Fsp3) is 0.107. The predicted molar refractivity (Wildman–Crippen MR) is 134 cm³/mol. The van der Waals surface area contributed by atoms with Crippen molar-refractivity contribution in [3.8, 4) is 11.5 Å². The summed E-state index contributed by atoms with van der Waals surface area (Å²) in [6, 6.07) is 23.2. The van der Waals surface area contributed by atoms with Gasteiger partial charge in [-0.3, -0.25) is 4.79 Å². The Morgan fingerprint density at radius 3 is 1.68 bits per heavy atom. The van der Waals surface area contributed by atoms with Gasteiger partial charge in [-0.2, -0.15) is 8.42 Å². The van der Waals surface area contributed by atoms with E-state index in [4.69, 9.17) is 8.92 Å². The van der Waals surface area contributed by atoms with Gasteiger partial charge in [-0.15, -0.1) is 0 Å². The van der Waals surface area contributed by atoms with Gasteiger partial charge in [0, 0.05) is 18.7 Å². The molecule has 6 nitrogen and oxygen atoms in total. The molecule has 4 aromatic carbocycles. The summed E-state index contributed by atoms with van der Waals surface area (Å²) in [6.45, 7) is 0.426. The van der Waals surface area contributed by atoms with Crippen molar-refractivity contribution in [3.63, 3.8) is 0 Å². The van der Waals surface area contributed by atoms with E-state index in [0.717, 1.165) is 35.4 Å². The number of hydrogen-bond donors (Lipinski definition) is 0. The number of nitrogens with zero attached hydrogens (tertiary/aromatic N) is 1. The van der Waals surface area contributed by atoms with E-state index in [-0.39, 0.29) is 35.5 Å². The van der Waals surface area contributed by atoms with Gasteiger partial charge in [-0.05, 0) is 83.9 Å². The molecule has 9 heteroatoms. The van der Waals surface area contributed by atoms with E-state index in [2.05, 4.69) is 0 Å². The molecule has 37 heavy (non-hydrogen) atoms. The number of halogens is 2. The quantitative estimate of drug-likeness (QED) is 0.268. The van der Waals surface area contributed by atoms with E-state index in [1.807, 2.05) is 0 Å². The molecule has 0 aliphatic heterocycles. The van der Waals surface area contributed by atoms with Crippen molar-refractivity contribution < 1.29 is 30.9 Å². The zero-order valence-corrected chi connectivity index (χ0v) is 20.6. The second-order valence-electron chi connectivity index (χ2n) is 8.15. The molecule has 0 radical (unpaired) electrons. The predicted octanol–water partition coefficient (Wildman–Crippen LogP) is 5.58. The number of rotatable bonds is 9. The summed E-state index contributed by atoms with van der Waals surface area (Å²) in [7, 11) is -2.60. The first kappa shape index (κ1) is 25.8. The summed E-state index contributed by atoms with van der Waals surface area (Å²) in [5.74, 6) is -0.487. The molecule has 0 fully saturated rings. The zero-order valence-electron chi connectivity index (χ0n) is 19.8. The first-order chi connectivity index (χ1) is 17.7. The fourth-order valence-electron chi connectivity index (χ4n) is 3.57. The van der Waals surface area contributed by atoms with E-state index in [1.165, 1.54) is 31.4 Å². The molecule has 4 rings (SSSR count). The van der Waals surface area contributed by atoms with Gasteiger partial charge < -0.3 is 13.8 Å². The smallest absolute Gasteiger partial charge is 0.339 e. The third-order valence-corrected chi connectivity index (χ3v) is 6.78. The molecule has 0 bridgehead atoms. The summed E-state index contributed by atoms with van der Waals surface area (Å²) in [6.07, 6.45) is 0. The highest BCUT2D eigenvalue weighted by atomic mass is 32.2. The summed E-state index contributed by atoms with van der Waals surface area (Å²) in [5.41, 5.74) is 1.91. The molecular weight excluding hydrogens is 500 g/mol. The van der Waals surface area contributed by atoms with Crippen LogP contribution in [0.1, 0.15) is 21.5 Å². The third kappa shape index (κ3) is 6.71. The lowest BCUT2D eigenvalue weighted by Gasteiger charge is -2.23. The average molecular weight is 524 g/mol. The molecule has 0 aliphatic carbocycles. The number of benzene rings is 4. The van der Waals surface area contributed by atoms with Crippen LogP contribution in [0.25, 0.3) is 0 Å². The highest BCUT2D eigenvalue weighted by Gasteiger charge is 2.19. The van der Waals surface area contributed by atoms with Crippen LogP contribution in [-0.2, 0) is 23.2 Å². The summed E-state index contributed by atoms with van der Waals surface area (Å²) in [5, 5.41) is 0. The van der Waals surface area contributed by atoms with Crippen LogP contribution in [0.2, 0.25) is 0 Å². The summed E-state index contributed by atoms with van der Waals surface area (Å²) < 4.78 is 61.7. The second kappa shape index (κ2) is 11.2. The normalized spacial score (nSPS) is 11.1. The van der Waals surface area contributed by atoms with Crippen molar-refractivity contribution in [2.24, 2.45) is 0 Å². The maximum Gasteiger partial charge on any atom is 0.339 e. The summed E-state index contributed by atoms with van der Waals surface area (Å²) >= 11 is 0. The standard InChI is InChI=1S/C28H23F2NO5S/c1-35-25-14-6-22(7-15-25)28(32)31(18-20-2-8-23(29)9-3-20)19-21-4-12-26(13-5-21)36-37(33,34)27-16-10-24(30)11-17-27/h2-17H,18-19H2,1H3. The number of ether oxygens (including phenoxy) is 1. The first-order valence-corrected chi connectivity index (χ1v) is 12.6. The number of carbonyl (C=O) groups is 1. The minimum atomic E-state index is -4.14. The van der Waals surface area contributed by atoms with Crippen LogP contribution in [0, 0.1) is 11.6 Å². The zero-order chi connectivity index (χ0) is 26.4. The van der Waals surface area contributed by atoms with E-state index in [9.17, 15) is 22.0 Å². The van der Waals surface area contributed by atoms with E-state index in [0.29, 0.717) is 11.3 Å². The average Bonchev–Trinajstić information content (AvgIpc) is 2.90. The Morgan fingerprint density at radius 2 is 1.16 bits per heavy atom. The van der Waals surface area contributed by atoms with Crippen molar-refractivity contribution in [3.05, 3.63) is 125 Å². The van der Waals surface area contributed by atoms with Crippen molar-refractivity contribution in [2.45, 2.75) is 18.0 Å². The van der Waals surface area contributed by atoms with Gasteiger partial charge in [0.1, 0.15) is 28.0 Å². The molecule has 4 aromatic rings. The van der Waals surface area contributed by atoms with E-state index < -0.39 is 15.9 Å². The van der Waals surface area contributed by atoms with Crippen LogP contribution in [0.5, 0.6) is 11.5 Å². The lowest BCUT2D eigenvalue weighted by atomic mass is 10.1. The van der Waals surface area contributed by atoms with Crippen LogP contribution < -0.4 is 8.92 Å². The maximum atomic E-state index is 13.4. The lowest BCUT2D eigenvalue weighted by molar-refractivity contribution is 0.0730. The minimum absolute atomic E-state index is 0.0691. The third-order valence-electron chi connectivity index (χ3n) is 5.52. The van der Waals surface area contributed by atoms with E-state index in [1.54, 1.807) is 53.4 Å². The topological polar surface area (TPSA) is 72.9 Å². The van der Waals surface area contributed by atoms with Crippen molar-refractivity contribution in [1.82, 2.24) is 4.90 Å². The van der Waals surface area contributed by atoms with Gasteiger partial charge in [0.25, 0.3) is 5.91 Å². The molecule has 0 spiro atoms. The molecule has 0 unspecified atom stereocenters. The van der Waals surface area contributed by atoms with Crippen LogP contribution in [0.3, 0.4) is 0 Å². The maximum absolute atomic E-state index is 13.4. The monoisotopic (exact) mass is 523 g/mol. The Hall–Kier alpha value is -4.24. The first-order valence-electron chi connectivity index (χ1n) is 11.2. The summed E-state index contributed by atoms with van der Waals surface area (Å²) in [4.78, 5) is 14.8. The van der Waals surface area contributed by atoms with Crippen molar-refractivity contribution in [1.29, 1.82) is 0 Å².